The van der Waals surface area contributed by atoms with Crippen LogP contribution in [0.25, 0.3) is 11.3 Å². The second-order valence-corrected chi connectivity index (χ2v) is 5.70. The molecule has 1 aromatic heterocycles. The first-order valence-corrected chi connectivity index (χ1v) is 8.60. The number of aromatic amines is 1. The monoisotopic (exact) mass is 340 g/mol. The van der Waals surface area contributed by atoms with Crippen LogP contribution in [0, 0.1) is 22.7 Å². The molecular formula is C17H16N4O2S. The second-order valence-electron chi connectivity index (χ2n) is 4.90. The predicted octanol–water partition coefficient (Wildman–Crippen LogP) is 3.10. The molecule has 0 radical (unpaired) electrons. The number of aromatic nitrogens is 2. The Balaban J connectivity index is 2.26. The molecule has 7 heteroatoms. The summed E-state index contributed by atoms with van der Waals surface area (Å²) in [6, 6.07) is 11.2. The number of thioether (sulfide) groups is 1. The van der Waals surface area contributed by atoms with Crippen molar-refractivity contribution in [3.8, 4) is 29.1 Å². The Morgan fingerprint density at radius 1 is 1.33 bits per heavy atom. The zero-order valence-corrected chi connectivity index (χ0v) is 14.0. The van der Waals surface area contributed by atoms with E-state index >= 15 is 0 Å². The van der Waals surface area contributed by atoms with Crippen LogP contribution in [0.5, 0.6) is 5.75 Å². The van der Waals surface area contributed by atoms with Gasteiger partial charge in [-0.3, -0.25) is 4.79 Å². The van der Waals surface area contributed by atoms with Gasteiger partial charge in [-0.15, -0.1) is 0 Å². The molecule has 0 aliphatic rings. The molecule has 0 unspecified atom stereocenters. The van der Waals surface area contributed by atoms with Gasteiger partial charge in [-0.05, 0) is 31.2 Å². The molecule has 24 heavy (non-hydrogen) atoms. The number of hydrogen-bond acceptors (Lipinski definition) is 6. The van der Waals surface area contributed by atoms with E-state index in [1.807, 2.05) is 12.1 Å². The molecule has 1 N–H and O–H groups in total. The maximum Gasteiger partial charge on any atom is 0.270 e. The van der Waals surface area contributed by atoms with Gasteiger partial charge in [0, 0.05) is 12.0 Å². The summed E-state index contributed by atoms with van der Waals surface area (Å²) in [6.07, 6.45) is 3.90. The minimum absolute atomic E-state index is 0.0148. The molecule has 0 fully saturated rings. The van der Waals surface area contributed by atoms with Gasteiger partial charge in [0.1, 0.15) is 17.4 Å². The van der Waals surface area contributed by atoms with Crippen molar-refractivity contribution >= 4 is 11.8 Å². The average molecular weight is 340 g/mol. The summed E-state index contributed by atoms with van der Waals surface area (Å²) < 4.78 is 5.66. The molecule has 2 rings (SSSR count). The minimum atomic E-state index is -0.449. The van der Waals surface area contributed by atoms with Gasteiger partial charge in [0.05, 0.1) is 18.4 Å². The maximum absolute atomic E-state index is 12.0. The molecule has 0 amide bonds. The molecule has 0 aliphatic heterocycles. The van der Waals surface area contributed by atoms with Gasteiger partial charge in [0.25, 0.3) is 5.56 Å². The zero-order valence-electron chi connectivity index (χ0n) is 13.2. The van der Waals surface area contributed by atoms with Crippen molar-refractivity contribution in [2.24, 2.45) is 0 Å². The van der Waals surface area contributed by atoms with Crippen molar-refractivity contribution in [2.45, 2.75) is 24.4 Å². The lowest BCUT2D eigenvalue weighted by atomic mass is 10.1. The highest BCUT2D eigenvalue weighted by Gasteiger charge is 2.13. The molecule has 0 atom stereocenters. The van der Waals surface area contributed by atoms with Gasteiger partial charge in [0.2, 0.25) is 0 Å². The van der Waals surface area contributed by atoms with Crippen LogP contribution >= 0.6 is 11.8 Å². The van der Waals surface area contributed by atoms with Crippen LogP contribution < -0.4 is 10.3 Å². The number of unbranched alkanes of at least 4 members (excludes halogenated alkanes) is 2. The zero-order chi connectivity index (χ0) is 17.4. The van der Waals surface area contributed by atoms with Gasteiger partial charge in [-0.2, -0.15) is 10.5 Å². The number of benzene rings is 1. The Bertz CT molecular complexity index is 849. The molecule has 1 aromatic carbocycles. The van der Waals surface area contributed by atoms with Crippen LogP contribution in [0.3, 0.4) is 0 Å². The molecular weight excluding hydrogens is 324 g/mol. The summed E-state index contributed by atoms with van der Waals surface area (Å²) in [7, 11) is 0. The highest BCUT2D eigenvalue weighted by atomic mass is 32.2. The molecule has 1 heterocycles. The minimum Gasteiger partial charge on any atom is -0.494 e. The van der Waals surface area contributed by atoms with Crippen LogP contribution in [0.1, 0.15) is 24.8 Å². The maximum atomic E-state index is 12.0. The average Bonchev–Trinajstić information content (AvgIpc) is 2.61. The molecule has 0 bridgehead atoms. The Labute approximate surface area is 144 Å². The van der Waals surface area contributed by atoms with E-state index in [4.69, 9.17) is 10.00 Å². The van der Waals surface area contributed by atoms with E-state index in [0.29, 0.717) is 35.2 Å². The number of nitrogens with zero attached hydrogens (tertiary/aromatic N) is 3. The van der Waals surface area contributed by atoms with Crippen LogP contribution in [0.4, 0.5) is 0 Å². The molecule has 6 nitrogen and oxygen atoms in total. The van der Waals surface area contributed by atoms with E-state index in [1.54, 1.807) is 24.5 Å². The first kappa shape index (κ1) is 17.6. The summed E-state index contributed by atoms with van der Waals surface area (Å²) in [4.78, 5) is 18.9. The van der Waals surface area contributed by atoms with E-state index in [0.717, 1.165) is 12.8 Å². The molecule has 122 valence electrons. The van der Waals surface area contributed by atoms with Crippen LogP contribution in [-0.4, -0.2) is 22.8 Å². The standard InChI is InChI=1S/C17H16N4O2S/c1-24-17-20-15(14(11-19)16(22)21-17)12-6-5-7-13(10-12)23-9-4-2-3-8-18/h5-7,10H,2-4,9H2,1H3,(H,20,21,22). The third-order valence-corrected chi connectivity index (χ3v) is 3.84. The summed E-state index contributed by atoms with van der Waals surface area (Å²) in [5, 5.41) is 18.2. The lowest BCUT2D eigenvalue weighted by Crippen LogP contribution is -2.14. The Hall–Kier alpha value is -2.77. The van der Waals surface area contributed by atoms with Crippen LogP contribution in [0.2, 0.25) is 0 Å². The number of nitrogens with one attached hydrogen (secondary N) is 1. The second kappa shape index (κ2) is 8.76. The quantitative estimate of drug-likeness (QED) is 0.472. The molecule has 0 aliphatic carbocycles. The van der Waals surface area contributed by atoms with Crippen molar-refractivity contribution in [2.75, 3.05) is 12.9 Å². The lowest BCUT2D eigenvalue weighted by Gasteiger charge is -2.09. The summed E-state index contributed by atoms with van der Waals surface area (Å²) >= 11 is 1.30. The van der Waals surface area contributed by atoms with Crippen molar-refractivity contribution in [3.05, 3.63) is 40.2 Å². The third-order valence-electron chi connectivity index (χ3n) is 3.26. The van der Waals surface area contributed by atoms with Gasteiger partial charge < -0.3 is 9.72 Å². The summed E-state index contributed by atoms with van der Waals surface area (Å²) in [5.41, 5.74) is 0.539. The molecule has 0 saturated heterocycles. The largest absolute Gasteiger partial charge is 0.494 e. The molecule has 2 aromatic rings. The highest BCUT2D eigenvalue weighted by molar-refractivity contribution is 7.98. The number of nitriles is 2. The smallest absolute Gasteiger partial charge is 0.270 e. The van der Waals surface area contributed by atoms with Crippen molar-refractivity contribution in [1.82, 2.24) is 9.97 Å². The van der Waals surface area contributed by atoms with Crippen LogP contribution in [-0.2, 0) is 0 Å². The fourth-order valence-corrected chi connectivity index (χ4v) is 2.47. The normalized spacial score (nSPS) is 9.96. The number of rotatable bonds is 7. The Morgan fingerprint density at radius 2 is 2.17 bits per heavy atom. The first-order valence-electron chi connectivity index (χ1n) is 7.38. The van der Waals surface area contributed by atoms with E-state index in [9.17, 15) is 10.1 Å². The Kier molecular flexibility index (Phi) is 6.41. The number of hydrogen-bond donors (Lipinski definition) is 1. The van der Waals surface area contributed by atoms with Gasteiger partial charge in [-0.1, -0.05) is 23.9 Å². The van der Waals surface area contributed by atoms with E-state index < -0.39 is 5.56 Å². The molecule has 0 spiro atoms. The highest BCUT2D eigenvalue weighted by Crippen LogP contribution is 2.25. The fourth-order valence-electron chi connectivity index (χ4n) is 2.09. The topological polar surface area (TPSA) is 103 Å². The van der Waals surface area contributed by atoms with E-state index in [-0.39, 0.29) is 5.56 Å². The molecule has 0 saturated carbocycles. The Morgan fingerprint density at radius 3 is 2.88 bits per heavy atom. The van der Waals surface area contributed by atoms with E-state index in [2.05, 4.69) is 16.0 Å². The van der Waals surface area contributed by atoms with Crippen molar-refractivity contribution in [1.29, 1.82) is 10.5 Å². The third kappa shape index (κ3) is 4.37. The van der Waals surface area contributed by atoms with Gasteiger partial charge in [0.15, 0.2) is 5.16 Å². The van der Waals surface area contributed by atoms with Gasteiger partial charge >= 0.3 is 0 Å². The summed E-state index contributed by atoms with van der Waals surface area (Å²) in [5.74, 6) is 0.640. The van der Waals surface area contributed by atoms with E-state index in [1.165, 1.54) is 11.8 Å². The summed E-state index contributed by atoms with van der Waals surface area (Å²) in [6.45, 7) is 0.509. The van der Waals surface area contributed by atoms with Crippen molar-refractivity contribution < 1.29 is 4.74 Å². The lowest BCUT2D eigenvalue weighted by molar-refractivity contribution is 0.307. The van der Waals surface area contributed by atoms with Gasteiger partial charge in [-0.25, -0.2) is 4.98 Å². The number of H-pyrrole nitrogens is 1. The first-order chi connectivity index (χ1) is 11.7. The predicted molar refractivity (Wildman–Crippen MR) is 91.7 cm³/mol. The SMILES string of the molecule is CSc1nc(-c2cccc(OCCCCC#N)c2)c(C#N)c(=O)[nH]1. The van der Waals surface area contributed by atoms with Crippen LogP contribution in [0.15, 0.2) is 34.2 Å². The van der Waals surface area contributed by atoms with Crippen molar-refractivity contribution in [3.63, 3.8) is 0 Å². The fraction of sp³-hybridized carbons (Fsp3) is 0.294. The number of ether oxygens (including phenoxy) is 1.